The van der Waals surface area contributed by atoms with Crippen molar-refractivity contribution in [1.29, 1.82) is 0 Å². The van der Waals surface area contributed by atoms with Crippen molar-refractivity contribution in [1.82, 2.24) is 20.2 Å². The van der Waals surface area contributed by atoms with Crippen LogP contribution in [0.4, 0.5) is 11.4 Å². The monoisotopic (exact) mass is 700 g/mol. The maximum absolute atomic E-state index is 13.7. The Balaban J connectivity index is 1.08. The smallest absolute Gasteiger partial charge is 0.320 e. The number of aliphatic carboxylic acids is 1. The molecule has 2 aliphatic carbocycles. The molecule has 3 heterocycles. The van der Waals surface area contributed by atoms with Crippen LogP contribution in [0.3, 0.4) is 0 Å². The maximum Gasteiger partial charge on any atom is 0.320 e. The summed E-state index contributed by atoms with van der Waals surface area (Å²) in [6.45, 7) is 8.95. The van der Waals surface area contributed by atoms with Gasteiger partial charge in [0.1, 0.15) is 17.4 Å². The van der Waals surface area contributed by atoms with Crippen LogP contribution in [0.2, 0.25) is 0 Å². The highest BCUT2D eigenvalue weighted by Crippen LogP contribution is 2.43. The van der Waals surface area contributed by atoms with Crippen LogP contribution in [-0.4, -0.2) is 56.9 Å². The molecule has 0 spiro atoms. The highest BCUT2D eigenvalue weighted by atomic mass is 16.4. The Hall–Kier alpha value is -4.93. The summed E-state index contributed by atoms with van der Waals surface area (Å²) in [7, 11) is 0. The number of pyridine rings is 2. The van der Waals surface area contributed by atoms with Crippen molar-refractivity contribution < 1.29 is 19.5 Å². The van der Waals surface area contributed by atoms with Crippen molar-refractivity contribution in [2.45, 2.75) is 96.7 Å². The number of likely N-dealkylation sites (tertiary alicyclic amines) is 1. The summed E-state index contributed by atoms with van der Waals surface area (Å²) in [5.74, 6) is -0.435. The first-order valence-electron chi connectivity index (χ1n) is 18.7. The lowest BCUT2D eigenvalue weighted by Gasteiger charge is -2.33. The fourth-order valence-electron chi connectivity index (χ4n) is 7.51. The fourth-order valence-corrected chi connectivity index (χ4v) is 7.51. The molecule has 2 aromatic carbocycles. The van der Waals surface area contributed by atoms with Gasteiger partial charge in [0.05, 0.1) is 0 Å². The summed E-state index contributed by atoms with van der Waals surface area (Å²) in [5, 5.41) is 19.4. The van der Waals surface area contributed by atoms with E-state index in [2.05, 4.69) is 32.8 Å². The van der Waals surface area contributed by atoms with Gasteiger partial charge in [-0.3, -0.25) is 29.3 Å². The number of hydrogen-bond acceptors (Lipinski definition) is 7. The maximum atomic E-state index is 13.7. The second-order valence-electron chi connectivity index (χ2n) is 14.6. The zero-order valence-electron chi connectivity index (χ0n) is 30.3. The van der Waals surface area contributed by atoms with Crippen LogP contribution in [-0.2, 0) is 17.9 Å². The number of carboxylic acid groups (broad SMARTS) is 1. The topological polar surface area (TPSA) is 137 Å². The van der Waals surface area contributed by atoms with Crippen molar-refractivity contribution in [3.05, 3.63) is 106 Å². The molecular weight excluding hydrogens is 652 g/mol. The van der Waals surface area contributed by atoms with Crippen LogP contribution in [0.5, 0.6) is 0 Å². The number of piperidine rings is 1. The van der Waals surface area contributed by atoms with Gasteiger partial charge in [0.15, 0.2) is 0 Å². The number of anilines is 2. The zero-order valence-corrected chi connectivity index (χ0v) is 30.3. The van der Waals surface area contributed by atoms with E-state index in [9.17, 15) is 19.5 Å². The Kier molecular flexibility index (Phi) is 10.5. The molecule has 0 bridgehead atoms. The molecule has 7 rings (SSSR count). The first kappa shape index (κ1) is 35.5. The van der Waals surface area contributed by atoms with E-state index < -0.39 is 12.0 Å². The van der Waals surface area contributed by atoms with Gasteiger partial charge in [0.25, 0.3) is 11.8 Å². The normalized spacial score (nSPS) is 17.5. The molecule has 10 heteroatoms. The number of benzene rings is 2. The number of nitrogens with zero attached hydrogens (tertiary/aromatic N) is 3. The lowest BCUT2D eigenvalue weighted by Crippen LogP contribution is -2.44. The average Bonchev–Trinajstić information content (AvgIpc) is 4.08. The predicted octanol–water partition coefficient (Wildman–Crippen LogP) is 7.57. The summed E-state index contributed by atoms with van der Waals surface area (Å²) < 4.78 is 0. The van der Waals surface area contributed by atoms with Crippen molar-refractivity contribution in [2.75, 3.05) is 23.7 Å². The van der Waals surface area contributed by atoms with Gasteiger partial charge in [-0.2, -0.15) is 0 Å². The average molecular weight is 701 g/mol. The van der Waals surface area contributed by atoms with Crippen LogP contribution in [0.1, 0.15) is 118 Å². The predicted molar refractivity (Wildman–Crippen MR) is 203 cm³/mol. The van der Waals surface area contributed by atoms with Crippen molar-refractivity contribution >= 4 is 29.2 Å². The van der Waals surface area contributed by atoms with Gasteiger partial charge < -0.3 is 21.1 Å². The number of aromatic nitrogens is 2. The zero-order chi connectivity index (χ0) is 36.4. The number of carboxylic acids is 1. The molecule has 1 aliphatic heterocycles. The largest absolute Gasteiger partial charge is 0.480 e. The van der Waals surface area contributed by atoms with Crippen LogP contribution >= 0.6 is 0 Å². The highest BCUT2D eigenvalue weighted by Gasteiger charge is 2.32. The fraction of sp³-hybridized carbons (Fsp3) is 0.405. The van der Waals surface area contributed by atoms with E-state index in [0.717, 1.165) is 97.1 Å². The summed E-state index contributed by atoms with van der Waals surface area (Å²) in [5.41, 5.74) is 10.3. The summed E-state index contributed by atoms with van der Waals surface area (Å²) in [6, 6.07) is 15.1. The molecule has 2 amide bonds. The molecule has 2 saturated carbocycles. The molecule has 10 nitrogen and oxygen atoms in total. The van der Waals surface area contributed by atoms with Gasteiger partial charge in [0.2, 0.25) is 0 Å². The molecule has 3 aliphatic rings. The third kappa shape index (κ3) is 7.78. The molecule has 52 heavy (non-hydrogen) atoms. The SMILES string of the molecule is CCNCc1cnc(C(=O)Nc2cccc(-c3cccc(NC(=O)c4cc(C5CC5)c(CN5CCCC[C@H]5C(=O)O)cn4)c3C)c2C)cc1C1CC1. The van der Waals surface area contributed by atoms with E-state index in [0.29, 0.717) is 47.6 Å². The van der Waals surface area contributed by atoms with Gasteiger partial charge in [0, 0.05) is 36.9 Å². The third-order valence-electron chi connectivity index (χ3n) is 10.8. The number of rotatable bonds is 13. The Morgan fingerprint density at radius 2 is 1.31 bits per heavy atom. The first-order chi connectivity index (χ1) is 25.2. The van der Waals surface area contributed by atoms with Crippen LogP contribution in [0.25, 0.3) is 11.1 Å². The summed E-state index contributed by atoms with van der Waals surface area (Å²) >= 11 is 0. The van der Waals surface area contributed by atoms with E-state index in [-0.39, 0.29) is 11.8 Å². The Morgan fingerprint density at radius 3 is 1.83 bits per heavy atom. The van der Waals surface area contributed by atoms with Gasteiger partial charge in [-0.1, -0.05) is 37.6 Å². The summed E-state index contributed by atoms with van der Waals surface area (Å²) in [6.07, 6.45) is 10.6. The lowest BCUT2D eigenvalue weighted by atomic mass is 9.94. The molecule has 0 radical (unpaired) electrons. The lowest BCUT2D eigenvalue weighted by molar-refractivity contribution is -0.144. The second kappa shape index (κ2) is 15.4. The molecule has 270 valence electrons. The Bertz CT molecular complexity index is 2000. The van der Waals surface area contributed by atoms with Gasteiger partial charge in [-0.25, -0.2) is 0 Å². The van der Waals surface area contributed by atoms with Crippen molar-refractivity contribution in [3.8, 4) is 11.1 Å². The highest BCUT2D eigenvalue weighted by molar-refractivity contribution is 6.05. The second-order valence-corrected chi connectivity index (χ2v) is 14.6. The summed E-state index contributed by atoms with van der Waals surface area (Å²) in [4.78, 5) is 50.2. The van der Waals surface area contributed by atoms with Crippen LogP contribution in [0, 0.1) is 13.8 Å². The Labute approximate surface area is 305 Å². The molecule has 3 fully saturated rings. The minimum atomic E-state index is -0.776. The van der Waals surface area contributed by atoms with E-state index in [1.807, 2.05) is 73.5 Å². The molecule has 2 aromatic heterocycles. The van der Waals surface area contributed by atoms with E-state index >= 15 is 0 Å². The van der Waals surface area contributed by atoms with Crippen LogP contribution < -0.4 is 16.0 Å². The first-order valence-corrected chi connectivity index (χ1v) is 18.7. The number of nitrogens with one attached hydrogen (secondary N) is 3. The van der Waals surface area contributed by atoms with E-state index in [4.69, 9.17) is 0 Å². The van der Waals surface area contributed by atoms with Gasteiger partial charge in [-0.15, -0.1) is 0 Å². The molecule has 1 saturated heterocycles. The third-order valence-corrected chi connectivity index (χ3v) is 10.8. The standard InChI is InChI=1S/C42H48N6O4/c1-4-43-21-29-22-44-37(19-33(29)27-14-15-27)40(49)46-35-11-7-9-31(25(35)2)32-10-8-12-36(26(32)3)47-41(50)38-20-34(28-16-17-28)30(23-45-38)24-48-18-6-5-13-39(48)42(51)52/h7-12,19-20,22-23,27-28,39,43H,4-6,13-18,21,24H2,1-3H3,(H,46,49)(H,47,50)(H,51,52)/t39-/m0/s1. The van der Waals surface area contributed by atoms with Crippen molar-refractivity contribution in [3.63, 3.8) is 0 Å². The van der Waals surface area contributed by atoms with E-state index in [1.54, 1.807) is 6.20 Å². The molecule has 1 atom stereocenters. The molecular formula is C42H48N6O4. The molecule has 4 aromatic rings. The van der Waals surface area contributed by atoms with Crippen LogP contribution in [0.15, 0.2) is 60.9 Å². The van der Waals surface area contributed by atoms with Gasteiger partial charge >= 0.3 is 5.97 Å². The molecule has 0 unspecified atom stereocenters. The minimum Gasteiger partial charge on any atom is -0.480 e. The van der Waals surface area contributed by atoms with E-state index in [1.165, 1.54) is 5.56 Å². The number of carbonyl (C=O) groups is 3. The molecule has 4 N–H and O–H groups in total. The quantitative estimate of drug-likeness (QED) is 0.112. The Morgan fingerprint density at radius 1 is 0.769 bits per heavy atom. The number of amides is 2. The number of carbonyl (C=O) groups excluding carboxylic acids is 2. The minimum absolute atomic E-state index is 0.239. The number of hydrogen-bond donors (Lipinski definition) is 4. The van der Waals surface area contributed by atoms with Crippen molar-refractivity contribution in [2.24, 2.45) is 0 Å². The van der Waals surface area contributed by atoms with Gasteiger partial charge in [-0.05, 0) is 146 Å².